The molecule has 1 amide bonds. The Bertz CT molecular complexity index is 734. The summed E-state index contributed by atoms with van der Waals surface area (Å²) in [4.78, 5) is 14.5. The molecule has 1 heterocycles. The maximum Gasteiger partial charge on any atom is 0.251 e. The highest BCUT2D eigenvalue weighted by atomic mass is 79.9. The Labute approximate surface area is 177 Å². The summed E-state index contributed by atoms with van der Waals surface area (Å²) in [5, 5.41) is 2.69. The second-order valence-electron chi connectivity index (χ2n) is 7.54. The number of rotatable bonds is 10. The Morgan fingerprint density at radius 3 is 2.68 bits per heavy atom. The van der Waals surface area contributed by atoms with Gasteiger partial charge in [-0.25, -0.2) is 13.1 Å². The first-order valence-corrected chi connectivity index (χ1v) is 12.4. The van der Waals surface area contributed by atoms with E-state index in [9.17, 15) is 13.2 Å². The number of halogens is 1. The molecule has 1 aromatic carbocycles. The van der Waals surface area contributed by atoms with E-state index in [1.165, 1.54) is 0 Å². The molecule has 28 heavy (non-hydrogen) atoms. The summed E-state index contributed by atoms with van der Waals surface area (Å²) in [6, 6.07) is 7.39. The van der Waals surface area contributed by atoms with Gasteiger partial charge in [0.05, 0.1) is 5.25 Å². The zero-order chi connectivity index (χ0) is 20.6. The Balaban J connectivity index is 1.65. The number of likely N-dealkylation sites (tertiary alicyclic amines) is 1. The number of carbonyl (C=O) groups is 1. The number of nitrogens with zero attached hydrogens (tertiary/aromatic N) is 1. The predicted molar refractivity (Wildman–Crippen MR) is 117 cm³/mol. The number of amides is 1. The van der Waals surface area contributed by atoms with E-state index in [1.54, 1.807) is 6.92 Å². The lowest BCUT2D eigenvalue weighted by Crippen LogP contribution is -2.43. The molecule has 6 nitrogen and oxygen atoms in total. The minimum absolute atomic E-state index is 0.0423. The lowest BCUT2D eigenvalue weighted by Gasteiger charge is -2.32. The van der Waals surface area contributed by atoms with Gasteiger partial charge in [-0.2, -0.15) is 0 Å². The summed E-state index contributed by atoms with van der Waals surface area (Å²) in [6.07, 6.45) is 3.58. The van der Waals surface area contributed by atoms with Crippen molar-refractivity contribution in [1.82, 2.24) is 14.9 Å². The van der Waals surface area contributed by atoms with Crippen LogP contribution in [0.25, 0.3) is 0 Å². The third kappa shape index (κ3) is 7.46. The molecule has 1 unspecified atom stereocenters. The number of hydrogen-bond acceptors (Lipinski definition) is 4. The van der Waals surface area contributed by atoms with Crippen LogP contribution in [-0.4, -0.2) is 57.2 Å². The van der Waals surface area contributed by atoms with Crippen molar-refractivity contribution in [2.45, 2.75) is 44.8 Å². The van der Waals surface area contributed by atoms with Crippen LogP contribution in [-0.2, 0) is 10.0 Å². The quantitative estimate of drug-likeness (QED) is 0.547. The standard InChI is InChI=1S/C20H32BrN3O3S/c1-3-5-16(2)28(26,27)23-10-13-24-11-8-17(9-12-24)15-22-20(25)18-6-4-7-19(21)14-18/h4,6-7,14,16-17,23H,3,5,8-13,15H2,1-2H3,(H,22,25). The summed E-state index contributed by atoms with van der Waals surface area (Å²) in [7, 11) is -3.21. The van der Waals surface area contributed by atoms with Crippen molar-refractivity contribution in [2.24, 2.45) is 5.92 Å². The SMILES string of the molecule is CCCC(C)S(=O)(=O)NCCN1CCC(CNC(=O)c2cccc(Br)c2)CC1. The van der Waals surface area contributed by atoms with Crippen LogP contribution in [0.3, 0.4) is 0 Å². The molecule has 1 aliphatic heterocycles. The molecule has 1 aromatic rings. The first-order chi connectivity index (χ1) is 13.3. The Morgan fingerprint density at radius 1 is 1.32 bits per heavy atom. The van der Waals surface area contributed by atoms with Crippen LogP contribution >= 0.6 is 15.9 Å². The van der Waals surface area contributed by atoms with Gasteiger partial charge in [-0.15, -0.1) is 0 Å². The lowest BCUT2D eigenvalue weighted by atomic mass is 9.96. The van der Waals surface area contributed by atoms with Gasteiger partial charge in [0.25, 0.3) is 5.91 Å². The fourth-order valence-corrected chi connectivity index (χ4v) is 5.04. The van der Waals surface area contributed by atoms with Crippen LogP contribution < -0.4 is 10.0 Å². The van der Waals surface area contributed by atoms with E-state index >= 15 is 0 Å². The second kappa shape index (κ2) is 11.3. The maximum absolute atomic E-state index is 12.2. The molecule has 0 radical (unpaired) electrons. The van der Waals surface area contributed by atoms with Crippen molar-refractivity contribution in [3.8, 4) is 0 Å². The molecule has 8 heteroatoms. The van der Waals surface area contributed by atoms with Crippen LogP contribution in [0.2, 0.25) is 0 Å². The van der Waals surface area contributed by atoms with Crippen molar-refractivity contribution < 1.29 is 13.2 Å². The molecule has 1 fully saturated rings. The Morgan fingerprint density at radius 2 is 2.04 bits per heavy atom. The largest absolute Gasteiger partial charge is 0.352 e. The van der Waals surface area contributed by atoms with Crippen LogP contribution in [0.1, 0.15) is 49.9 Å². The van der Waals surface area contributed by atoms with E-state index in [-0.39, 0.29) is 11.2 Å². The zero-order valence-corrected chi connectivity index (χ0v) is 19.2. The molecule has 0 bridgehead atoms. The minimum Gasteiger partial charge on any atom is -0.352 e. The van der Waals surface area contributed by atoms with Gasteiger partial charge in [0.15, 0.2) is 0 Å². The third-order valence-electron chi connectivity index (χ3n) is 5.30. The first-order valence-electron chi connectivity index (χ1n) is 10.1. The number of piperidine rings is 1. The van der Waals surface area contributed by atoms with Crippen molar-refractivity contribution >= 4 is 31.9 Å². The Kier molecular flexibility index (Phi) is 9.40. The van der Waals surface area contributed by atoms with E-state index in [2.05, 4.69) is 30.9 Å². The topological polar surface area (TPSA) is 78.5 Å². The van der Waals surface area contributed by atoms with Crippen LogP contribution in [0.5, 0.6) is 0 Å². The van der Waals surface area contributed by atoms with Gasteiger partial charge >= 0.3 is 0 Å². The highest BCUT2D eigenvalue weighted by Crippen LogP contribution is 2.17. The van der Waals surface area contributed by atoms with Crippen molar-refractivity contribution in [3.05, 3.63) is 34.3 Å². The summed E-state index contributed by atoms with van der Waals surface area (Å²) < 4.78 is 27.9. The smallest absolute Gasteiger partial charge is 0.251 e. The number of benzene rings is 1. The highest BCUT2D eigenvalue weighted by Gasteiger charge is 2.22. The van der Waals surface area contributed by atoms with Crippen molar-refractivity contribution in [2.75, 3.05) is 32.7 Å². The fourth-order valence-electron chi connectivity index (χ4n) is 3.43. The minimum atomic E-state index is -3.21. The molecule has 0 saturated carbocycles. The molecule has 2 rings (SSSR count). The van der Waals surface area contributed by atoms with Gasteiger partial charge in [-0.05, 0) is 63.4 Å². The van der Waals surface area contributed by atoms with Gasteiger partial charge in [0, 0.05) is 29.7 Å². The fraction of sp³-hybridized carbons (Fsp3) is 0.650. The van der Waals surface area contributed by atoms with E-state index in [0.717, 1.165) is 43.4 Å². The molecule has 2 N–H and O–H groups in total. The van der Waals surface area contributed by atoms with Gasteiger partial charge in [0.2, 0.25) is 10.0 Å². The van der Waals surface area contributed by atoms with Gasteiger partial charge in [0.1, 0.15) is 0 Å². The summed E-state index contributed by atoms with van der Waals surface area (Å²) in [6.45, 7) is 7.50. The molecule has 0 spiro atoms. The summed E-state index contributed by atoms with van der Waals surface area (Å²) in [5.41, 5.74) is 0.663. The highest BCUT2D eigenvalue weighted by molar-refractivity contribution is 9.10. The number of sulfonamides is 1. The first kappa shape index (κ1) is 23.3. The lowest BCUT2D eigenvalue weighted by molar-refractivity contribution is 0.0936. The summed E-state index contributed by atoms with van der Waals surface area (Å²) in [5.74, 6) is 0.424. The molecule has 158 valence electrons. The number of hydrogen-bond donors (Lipinski definition) is 2. The maximum atomic E-state index is 12.2. The van der Waals surface area contributed by atoms with Crippen LogP contribution in [0.4, 0.5) is 0 Å². The van der Waals surface area contributed by atoms with E-state index in [0.29, 0.717) is 31.0 Å². The molecule has 0 aliphatic carbocycles. The van der Waals surface area contributed by atoms with E-state index < -0.39 is 10.0 Å². The van der Waals surface area contributed by atoms with Crippen molar-refractivity contribution in [3.63, 3.8) is 0 Å². The molecular formula is C20H32BrN3O3S. The monoisotopic (exact) mass is 473 g/mol. The molecule has 0 aromatic heterocycles. The van der Waals surface area contributed by atoms with Crippen LogP contribution in [0.15, 0.2) is 28.7 Å². The van der Waals surface area contributed by atoms with Crippen LogP contribution in [0, 0.1) is 5.92 Å². The van der Waals surface area contributed by atoms with E-state index in [4.69, 9.17) is 0 Å². The number of carbonyl (C=O) groups excluding carboxylic acids is 1. The van der Waals surface area contributed by atoms with Gasteiger partial charge in [-0.3, -0.25) is 4.79 Å². The average molecular weight is 474 g/mol. The second-order valence-corrected chi connectivity index (χ2v) is 10.6. The molecule has 1 atom stereocenters. The van der Waals surface area contributed by atoms with Gasteiger partial charge < -0.3 is 10.2 Å². The molecule has 1 aliphatic rings. The molecular weight excluding hydrogens is 442 g/mol. The predicted octanol–water partition coefficient (Wildman–Crippen LogP) is 3.00. The molecule has 1 saturated heterocycles. The Hall–Kier alpha value is -0.960. The summed E-state index contributed by atoms with van der Waals surface area (Å²) >= 11 is 3.38. The average Bonchev–Trinajstić information content (AvgIpc) is 2.67. The van der Waals surface area contributed by atoms with Crippen molar-refractivity contribution in [1.29, 1.82) is 0 Å². The third-order valence-corrected chi connectivity index (χ3v) is 7.70. The van der Waals surface area contributed by atoms with E-state index in [1.807, 2.05) is 31.2 Å². The van der Waals surface area contributed by atoms with Gasteiger partial charge in [-0.1, -0.05) is 35.3 Å². The zero-order valence-electron chi connectivity index (χ0n) is 16.8. The number of nitrogens with one attached hydrogen (secondary N) is 2. The normalized spacial score (nSPS) is 17.4.